The molecule has 1 aromatic carbocycles. The fourth-order valence-electron chi connectivity index (χ4n) is 3.37. The lowest BCUT2D eigenvalue weighted by molar-refractivity contribution is 0.762. The maximum absolute atomic E-state index is 4.59. The molecule has 0 unspecified atom stereocenters. The highest BCUT2D eigenvalue weighted by molar-refractivity contribution is 5.96. The highest BCUT2D eigenvalue weighted by atomic mass is 15.3. The van der Waals surface area contributed by atoms with Crippen LogP contribution < -0.4 is 5.32 Å². The maximum atomic E-state index is 4.59. The second-order valence-electron chi connectivity index (χ2n) is 6.49. The molecule has 0 aliphatic rings. The van der Waals surface area contributed by atoms with Crippen molar-refractivity contribution in [3.8, 4) is 11.4 Å². The molecule has 0 atom stereocenters. The van der Waals surface area contributed by atoms with Gasteiger partial charge < -0.3 is 5.32 Å². The van der Waals surface area contributed by atoms with Gasteiger partial charge in [-0.3, -0.25) is 19.7 Å². The third kappa shape index (κ3) is 2.60. The van der Waals surface area contributed by atoms with Crippen LogP contribution in [0.25, 0.3) is 33.2 Å². The van der Waals surface area contributed by atoms with Gasteiger partial charge in [0.15, 0.2) is 5.82 Å². The number of hydrogen-bond donors (Lipinski definition) is 2. The number of aromatic nitrogens is 6. The summed E-state index contributed by atoms with van der Waals surface area (Å²) in [7, 11) is 1.94. The van der Waals surface area contributed by atoms with E-state index in [1.807, 2.05) is 49.1 Å². The molecule has 0 bridgehead atoms. The Balaban J connectivity index is 1.57. The molecule has 132 valence electrons. The number of pyridine rings is 2. The summed E-state index contributed by atoms with van der Waals surface area (Å²) < 4.78 is 1.87. The standard InChI is InChI=1S/C20H17N7/c1-12-10-17(27(2)26-12)18-15-6-5-14(11-13(15)7-9-22-18)23-20-19-16(24-25-20)4-3-8-21-19/h3-11H,1-2H3,(H2,23,24,25). The molecule has 0 fully saturated rings. The number of aromatic amines is 1. The van der Waals surface area contributed by atoms with E-state index in [9.17, 15) is 0 Å². The molecule has 7 nitrogen and oxygen atoms in total. The molecule has 0 saturated heterocycles. The smallest absolute Gasteiger partial charge is 0.178 e. The van der Waals surface area contributed by atoms with Crippen LogP contribution in [0.1, 0.15) is 5.69 Å². The number of fused-ring (bicyclic) bond motifs is 2. The van der Waals surface area contributed by atoms with E-state index in [-0.39, 0.29) is 0 Å². The van der Waals surface area contributed by atoms with Crippen LogP contribution in [-0.2, 0) is 7.05 Å². The molecule has 0 aliphatic carbocycles. The summed E-state index contributed by atoms with van der Waals surface area (Å²) in [5, 5.41) is 17.3. The van der Waals surface area contributed by atoms with Crippen molar-refractivity contribution in [2.24, 2.45) is 7.05 Å². The van der Waals surface area contributed by atoms with E-state index >= 15 is 0 Å². The molecule has 0 saturated carbocycles. The first-order valence-electron chi connectivity index (χ1n) is 8.65. The Morgan fingerprint density at radius 2 is 1.96 bits per heavy atom. The first-order chi connectivity index (χ1) is 13.2. The Morgan fingerprint density at radius 3 is 2.81 bits per heavy atom. The first kappa shape index (κ1) is 15.5. The lowest BCUT2D eigenvalue weighted by atomic mass is 10.1. The van der Waals surface area contributed by atoms with Gasteiger partial charge in [0.25, 0.3) is 0 Å². The predicted octanol–water partition coefficient (Wildman–Crippen LogP) is 3.96. The van der Waals surface area contributed by atoms with E-state index in [1.165, 1.54) is 0 Å². The van der Waals surface area contributed by atoms with Gasteiger partial charge in [-0.05, 0) is 48.7 Å². The minimum atomic E-state index is 0.710. The number of hydrogen-bond acceptors (Lipinski definition) is 5. The van der Waals surface area contributed by atoms with Crippen LogP contribution in [-0.4, -0.2) is 29.9 Å². The average molecular weight is 355 g/mol. The lowest BCUT2D eigenvalue weighted by Gasteiger charge is -2.09. The largest absolute Gasteiger partial charge is 0.337 e. The van der Waals surface area contributed by atoms with E-state index < -0.39 is 0 Å². The third-order valence-electron chi connectivity index (χ3n) is 4.59. The highest BCUT2D eigenvalue weighted by Crippen LogP contribution is 2.30. The number of H-pyrrole nitrogens is 1. The number of anilines is 2. The molecule has 5 aromatic rings. The number of benzene rings is 1. The molecule has 5 rings (SSSR count). The summed E-state index contributed by atoms with van der Waals surface area (Å²) in [5.74, 6) is 0.710. The Morgan fingerprint density at radius 1 is 1.04 bits per heavy atom. The SMILES string of the molecule is Cc1cc(-c2nccc3cc(Nc4n[nH]c5cccnc45)ccc23)n(C)n1. The van der Waals surface area contributed by atoms with Crippen molar-refractivity contribution < 1.29 is 0 Å². The van der Waals surface area contributed by atoms with Crippen LogP contribution in [0.15, 0.2) is 54.9 Å². The molecule has 0 aliphatic heterocycles. The average Bonchev–Trinajstić information content (AvgIpc) is 3.24. The van der Waals surface area contributed by atoms with E-state index in [4.69, 9.17) is 0 Å². The van der Waals surface area contributed by atoms with Crippen molar-refractivity contribution in [3.63, 3.8) is 0 Å². The number of aryl methyl sites for hydroxylation is 2. The molecule has 4 heterocycles. The second-order valence-corrected chi connectivity index (χ2v) is 6.49. The summed E-state index contributed by atoms with van der Waals surface area (Å²) in [6, 6.07) is 14.1. The Hall–Kier alpha value is -3.74. The zero-order valence-electron chi connectivity index (χ0n) is 14.9. The topological polar surface area (TPSA) is 84.3 Å². The summed E-state index contributed by atoms with van der Waals surface area (Å²) >= 11 is 0. The van der Waals surface area contributed by atoms with Crippen LogP contribution in [0.4, 0.5) is 11.5 Å². The van der Waals surface area contributed by atoms with Gasteiger partial charge in [-0.15, -0.1) is 0 Å². The van der Waals surface area contributed by atoms with E-state index in [1.54, 1.807) is 6.20 Å². The molecule has 2 N–H and O–H groups in total. The first-order valence-corrected chi connectivity index (χ1v) is 8.65. The molecule has 0 spiro atoms. The highest BCUT2D eigenvalue weighted by Gasteiger charge is 2.12. The van der Waals surface area contributed by atoms with Crippen LogP contribution >= 0.6 is 0 Å². The number of rotatable bonds is 3. The number of nitrogens with one attached hydrogen (secondary N) is 2. The van der Waals surface area contributed by atoms with Gasteiger partial charge in [0.2, 0.25) is 0 Å². The Labute approximate surface area is 155 Å². The Kier molecular flexibility index (Phi) is 3.39. The van der Waals surface area contributed by atoms with Crippen molar-refractivity contribution in [3.05, 3.63) is 60.6 Å². The van der Waals surface area contributed by atoms with Gasteiger partial charge in [-0.2, -0.15) is 10.2 Å². The van der Waals surface area contributed by atoms with Crippen LogP contribution in [0.3, 0.4) is 0 Å². The summed E-state index contributed by atoms with van der Waals surface area (Å²) in [6.45, 7) is 1.99. The van der Waals surface area contributed by atoms with Gasteiger partial charge >= 0.3 is 0 Å². The van der Waals surface area contributed by atoms with Crippen molar-refractivity contribution in [1.82, 2.24) is 29.9 Å². The van der Waals surface area contributed by atoms with Crippen LogP contribution in [0.2, 0.25) is 0 Å². The van der Waals surface area contributed by atoms with Crippen LogP contribution in [0, 0.1) is 6.92 Å². The fraction of sp³-hybridized carbons (Fsp3) is 0.100. The third-order valence-corrected chi connectivity index (χ3v) is 4.59. The Bertz CT molecular complexity index is 1280. The van der Waals surface area contributed by atoms with E-state index in [0.717, 1.165) is 44.6 Å². The normalized spacial score (nSPS) is 11.3. The van der Waals surface area contributed by atoms with E-state index in [0.29, 0.717) is 5.82 Å². The van der Waals surface area contributed by atoms with E-state index in [2.05, 4.69) is 48.8 Å². The number of nitrogens with zero attached hydrogens (tertiary/aromatic N) is 5. The van der Waals surface area contributed by atoms with Crippen molar-refractivity contribution in [2.75, 3.05) is 5.32 Å². The minimum Gasteiger partial charge on any atom is -0.337 e. The molecule has 0 radical (unpaired) electrons. The van der Waals surface area contributed by atoms with Gasteiger partial charge in [0.1, 0.15) is 5.52 Å². The van der Waals surface area contributed by atoms with Gasteiger partial charge in [-0.1, -0.05) is 6.07 Å². The quantitative estimate of drug-likeness (QED) is 0.512. The van der Waals surface area contributed by atoms with Gasteiger partial charge in [0, 0.05) is 30.5 Å². The zero-order chi connectivity index (χ0) is 18.4. The van der Waals surface area contributed by atoms with Crippen LogP contribution in [0.5, 0.6) is 0 Å². The summed E-state index contributed by atoms with van der Waals surface area (Å²) in [4.78, 5) is 8.98. The maximum Gasteiger partial charge on any atom is 0.178 e. The van der Waals surface area contributed by atoms with Crippen molar-refractivity contribution in [2.45, 2.75) is 6.92 Å². The molecule has 0 amide bonds. The van der Waals surface area contributed by atoms with Crippen molar-refractivity contribution >= 4 is 33.3 Å². The molecular formula is C20H17N7. The molecule has 7 heteroatoms. The minimum absolute atomic E-state index is 0.710. The molecule has 4 aromatic heterocycles. The van der Waals surface area contributed by atoms with Crippen molar-refractivity contribution in [1.29, 1.82) is 0 Å². The zero-order valence-corrected chi connectivity index (χ0v) is 14.9. The lowest BCUT2D eigenvalue weighted by Crippen LogP contribution is -1.97. The second kappa shape index (κ2) is 5.91. The molecule has 27 heavy (non-hydrogen) atoms. The summed E-state index contributed by atoms with van der Waals surface area (Å²) in [5.41, 5.74) is 5.56. The predicted molar refractivity (Wildman–Crippen MR) is 106 cm³/mol. The monoisotopic (exact) mass is 355 g/mol. The van der Waals surface area contributed by atoms with Gasteiger partial charge in [-0.25, -0.2) is 0 Å². The summed E-state index contributed by atoms with van der Waals surface area (Å²) in [6.07, 6.45) is 3.59. The van der Waals surface area contributed by atoms with Gasteiger partial charge in [0.05, 0.1) is 22.6 Å². The fourth-order valence-corrected chi connectivity index (χ4v) is 3.37. The molecular weight excluding hydrogens is 338 g/mol.